The van der Waals surface area contributed by atoms with E-state index in [-0.39, 0.29) is 18.3 Å². The first-order chi connectivity index (χ1) is 16.1. The van der Waals surface area contributed by atoms with Crippen LogP contribution in [0.3, 0.4) is 0 Å². The maximum atomic E-state index is 14.4. The van der Waals surface area contributed by atoms with Crippen LogP contribution in [0.25, 0.3) is 10.9 Å². The lowest BCUT2D eigenvalue weighted by Crippen LogP contribution is -2.55. The fraction of sp³-hybridized carbons (Fsp3) is 0.409. The van der Waals surface area contributed by atoms with Gasteiger partial charge >= 0.3 is 6.18 Å². The number of carbonyl (C=O) groups excluding carboxylic acids is 1. The van der Waals surface area contributed by atoms with Gasteiger partial charge in [-0.15, -0.1) is 0 Å². The van der Waals surface area contributed by atoms with E-state index < -0.39 is 29.9 Å². The number of morpholine rings is 1. The third kappa shape index (κ3) is 3.40. The van der Waals surface area contributed by atoms with Crippen molar-refractivity contribution in [3.63, 3.8) is 0 Å². The number of para-hydroxylation sites is 1. The quantitative estimate of drug-likeness (QED) is 0.566. The van der Waals surface area contributed by atoms with Crippen molar-refractivity contribution in [1.29, 1.82) is 0 Å². The molecular formula is C22H21F3N5O4-. The van der Waals surface area contributed by atoms with Gasteiger partial charge in [-0.3, -0.25) is 9.36 Å². The minimum Gasteiger partial charge on any atom is -0.529 e. The van der Waals surface area contributed by atoms with Crippen LogP contribution in [0.4, 0.5) is 29.7 Å². The smallest absolute Gasteiger partial charge is 0.413 e. The molecule has 180 valence electrons. The highest BCUT2D eigenvalue weighted by molar-refractivity contribution is 5.91. The van der Waals surface area contributed by atoms with Crippen molar-refractivity contribution < 1.29 is 27.8 Å². The van der Waals surface area contributed by atoms with Gasteiger partial charge in [0, 0.05) is 37.3 Å². The Kier molecular flexibility index (Phi) is 5.08. The number of rotatable bonds is 3. The number of halogens is 3. The van der Waals surface area contributed by atoms with Gasteiger partial charge in [0.1, 0.15) is 11.9 Å². The van der Waals surface area contributed by atoms with Crippen LogP contribution >= 0.6 is 0 Å². The molecule has 1 saturated heterocycles. The minimum atomic E-state index is -4.70. The third-order valence-electron chi connectivity index (χ3n) is 6.54. The van der Waals surface area contributed by atoms with Crippen molar-refractivity contribution in [3.8, 4) is 0 Å². The van der Waals surface area contributed by atoms with Crippen molar-refractivity contribution in [2.24, 2.45) is 0 Å². The number of ether oxygens (including phenoxy) is 1. The first-order valence-corrected chi connectivity index (χ1v) is 10.7. The monoisotopic (exact) mass is 476 g/mol. The van der Waals surface area contributed by atoms with Gasteiger partial charge in [0.15, 0.2) is 5.54 Å². The van der Waals surface area contributed by atoms with Crippen LogP contribution in [0.2, 0.25) is 0 Å². The molecule has 4 heterocycles. The van der Waals surface area contributed by atoms with Gasteiger partial charge in [0.25, 0.3) is 5.56 Å². The predicted molar refractivity (Wildman–Crippen MR) is 115 cm³/mol. The number of benzene rings is 1. The Balaban J connectivity index is 1.65. The number of anilines is 2. The molecule has 0 spiro atoms. The van der Waals surface area contributed by atoms with Crippen LogP contribution in [0.5, 0.6) is 0 Å². The SMILES string of the molecule is C[C@@]1(C(F)(F)F)Cn2c(nc(N3CCOCC3)cc2=O)N1Cc1cn(C(=O)[O-])c2ccccc12. The predicted octanol–water partition coefficient (Wildman–Crippen LogP) is 1.57. The fourth-order valence-electron chi connectivity index (χ4n) is 4.59. The second kappa shape index (κ2) is 7.76. The Labute approximate surface area is 191 Å². The van der Waals surface area contributed by atoms with Crippen molar-refractivity contribution in [2.45, 2.75) is 31.7 Å². The summed E-state index contributed by atoms with van der Waals surface area (Å²) in [6.07, 6.45) is -4.94. The number of alkyl halides is 3. The average Bonchev–Trinajstić information content (AvgIpc) is 3.31. The maximum absolute atomic E-state index is 14.4. The summed E-state index contributed by atoms with van der Waals surface area (Å²) >= 11 is 0. The van der Waals surface area contributed by atoms with Gasteiger partial charge in [-0.2, -0.15) is 18.2 Å². The van der Waals surface area contributed by atoms with Gasteiger partial charge in [-0.25, -0.2) is 0 Å². The Bertz CT molecular complexity index is 1330. The van der Waals surface area contributed by atoms with Crippen LogP contribution in [-0.2, 0) is 17.8 Å². The molecule has 0 amide bonds. The highest BCUT2D eigenvalue weighted by atomic mass is 19.4. The van der Waals surface area contributed by atoms with E-state index in [0.29, 0.717) is 42.8 Å². The van der Waals surface area contributed by atoms with Crippen LogP contribution in [0, 0.1) is 0 Å². The van der Waals surface area contributed by atoms with E-state index >= 15 is 0 Å². The van der Waals surface area contributed by atoms with E-state index in [1.807, 2.05) is 0 Å². The normalized spacial score (nSPS) is 20.7. The summed E-state index contributed by atoms with van der Waals surface area (Å²) in [5.41, 5.74) is -2.37. The summed E-state index contributed by atoms with van der Waals surface area (Å²) in [4.78, 5) is 31.8. The zero-order valence-electron chi connectivity index (χ0n) is 18.2. The van der Waals surface area contributed by atoms with Crippen molar-refractivity contribution in [2.75, 3.05) is 36.1 Å². The molecule has 2 aromatic heterocycles. The largest absolute Gasteiger partial charge is 0.529 e. The van der Waals surface area contributed by atoms with Crippen molar-refractivity contribution in [1.82, 2.24) is 14.1 Å². The molecule has 1 fully saturated rings. The van der Waals surface area contributed by atoms with Crippen molar-refractivity contribution in [3.05, 3.63) is 52.4 Å². The molecule has 3 aromatic rings. The Morgan fingerprint density at radius 2 is 1.94 bits per heavy atom. The average molecular weight is 476 g/mol. The number of hydrogen-bond acceptors (Lipinski definition) is 7. The van der Waals surface area contributed by atoms with Crippen molar-refractivity contribution >= 4 is 28.8 Å². The van der Waals surface area contributed by atoms with Crippen LogP contribution in [0.15, 0.2) is 41.3 Å². The standard InChI is InChI=1S/C22H22F3N5O4/c1-21(22(23,24)25)13-29-18(31)10-17(27-6-8-34-9-7-27)26-19(29)30(21)12-14-11-28(20(32)33)16-5-3-2-4-15(14)16/h2-5,10-11H,6-9,12-13H2,1H3,(H,32,33)/p-1/t21-/m0/s1. The van der Waals surface area contributed by atoms with E-state index in [9.17, 15) is 27.9 Å². The molecule has 5 rings (SSSR count). The maximum Gasteiger partial charge on any atom is 0.413 e. The second-order valence-electron chi connectivity index (χ2n) is 8.60. The zero-order chi connectivity index (χ0) is 24.3. The highest BCUT2D eigenvalue weighted by Crippen LogP contribution is 2.44. The molecule has 0 aliphatic carbocycles. The first-order valence-electron chi connectivity index (χ1n) is 10.7. The van der Waals surface area contributed by atoms with Crippen LogP contribution < -0.4 is 20.5 Å². The number of hydrogen-bond donors (Lipinski definition) is 0. The van der Waals surface area contributed by atoms with E-state index in [0.717, 1.165) is 21.0 Å². The molecular weight excluding hydrogens is 455 g/mol. The Hall–Kier alpha value is -3.54. The number of nitrogens with zero attached hydrogens (tertiary/aromatic N) is 5. The lowest BCUT2D eigenvalue weighted by atomic mass is 10.00. The fourth-order valence-corrected chi connectivity index (χ4v) is 4.59. The molecule has 34 heavy (non-hydrogen) atoms. The molecule has 1 atom stereocenters. The van der Waals surface area contributed by atoms with Gasteiger partial charge < -0.3 is 29.0 Å². The number of carbonyl (C=O) groups is 1. The van der Waals surface area contributed by atoms with Gasteiger partial charge in [0.2, 0.25) is 5.95 Å². The highest BCUT2D eigenvalue weighted by Gasteiger charge is 2.60. The van der Waals surface area contributed by atoms with E-state index in [1.54, 1.807) is 29.2 Å². The lowest BCUT2D eigenvalue weighted by Gasteiger charge is -2.37. The Morgan fingerprint density at radius 1 is 1.24 bits per heavy atom. The molecule has 0 saturated carbocycles. The molecule has 0 radical (unpaired) electrons. The molecule has 12 heteroatoms. The molecule has 2 aliphatic heterocycles. The summed E-state index contributed by atoms with van der Waals surface area (Å²) in [5.74, 6) is 0.173. The van der Waals surface area contributed by atoms with E-state index in [4.69, 9.17) is 4.74 Å². The Morgan fingerprint density at radius 3 is 2.62 bits per heavy atom. The number of carboxylic acid groups (broad SMARTS) is 1. The van der Waals surface area contributed by atoms with Gasteiger partial charge in [-0.05, 0) is 18.6 Å². The molecule has 0 N–H and O–H groups in total. The molecule has 1 aromatic carbocycles. The second-order valence-corrected chi connectivity index (χ2v) is 8.60. The zero-order valence-corrected chi connectivity index (χ0v) is 18.2. The third-order valence-corrected chi connectivity index (χ3v) is 6.54. The summed E-state index contributed by atoms with van der Waals surface area (Å²) in [7, 11) is 0. The molecule has 2 aliphatic rings. The van der Waals surface area contributed by atoms with Gasteiger partial charge in [0.05, 0.1) is 25.3 Å². The van der Waals surface area contributed by atoms with Crippen LogP contribution in [-0.4, -0.2) is 58.2 Å². The topological polar surface area (TPSA) is 95.7 Å². The number of aromatic nitrogens is 3. The van der Waals surface area contributed by atoms with Crippen LogP contribution in [0.1, 0.15) is 12.5 Å². The molecule has 0 unspecified atom stereocenters. The summed E-state index contributed by atoms with van der Waals surface area (Å²) in [6.45, 7) is 1.86. The summed E-state index contributed by atoms with van der Waals surface area (Å²) in [5, 5.41) is 12.1. The van der Waals surface area contributed by atoms with E-state index in [1.165, 1.54) is 12.3 Å². The summed E-state index contributed by atoms with van der Waals surface area (Å²) in [6, 6.07) is 7.74. The van der Waals surface area contributed by atoms with Gasteiger partial charge in [-0.1, -0.05) is 18.2 Å². The summed E-state index contributed by atoms with van der Waals surface area (Å²) < 4.78 is 50.3. The lowest BCUT2D eigenvalue weighted by molar-refractivity contribution is -0.249. The minimum absolute atomic E-state index is 0.112. The first kappa shape index (κ1) is 22.3. The molecule has 9 nitrogen and oxygen atoms in total. The van der Waals surface area contributed by atoms with E-state index in [2.05, 4.69) is 4.98 Å². The molecule has 0 bridgehead atoms. The number of fused-ring (bicyclic) bond motifs is 2.